The van der Waals surface area contributed by atoms with E-state index in [1.165, 1.54) is 24.5 Å². The number of hydrogen-bond acceptors (Lipinski definition) is 6. The fraction of sp³-hybridized carbons (Fsp3) is 0. The maximum Gasteiger partial charge on any atom is 0.329 e. The number of hydrogen-bond donors (Lipinski definition) is 3. The Labute approximate surface area is 217 Å². The van der Waals surface area contributed by atoms with Crippen LogP contribution in [0.4, 0.5) is 11.4 Å². The number of amides is 3. The van der Waals surface area contributed by atoms with Crippen molar-refractivity contribution >= 4 is 73.8 Å². The Hall–Kier alpha value is -4.28. The van der Waals surface area contributed by atoms with Crippen LogP contribution in [-0.4, -0.2) is 23.9 Å². The molecule has 1 heterocycles. The number of benzene rings is 3. The molecule has 9 nitrogen and oxygen atoms in total. The summed E-state index contributed by atoms with van der Waals surface area (Å²) in [5.41, 5.74) is 2.84. The zero-order valence-electron chi connectivity index (χ0n) is 18.2. The molecule has 0 saturated carbocycles. The van der Waals surface area contributed by atoms with Gasteiger partial charge in [0.25, 0.3) is 5.91 Å². The molecule has 0 atom stereocenters. The number of nitrogens with one attached hydrogen (secondary N) is 3. The lowest BCUT2D eigenvalue weighted by Gasteiger charge is -2.11. The van der Waals surface area contributed by atoms with E-state index >= 15 is 0 Å². The molecule has 11 heteroatoms. The number of carbonyl (C=O) groups is 3. The molecule has 0 aliphatic rings. The van der Waals surface area contributed by atoms with Gasteiger partial charge in [0.15, 0.2) is 0 Å². The molecular formula is C25H16BrClN4O5. The first-order valence-corrected chi connectivity index (χ1v) is 11.5. The van der Waals surface area contributed by atoms with Crippen molar-refractivity contribution in [1.29, 1.82) is 0 Å². The predicted molar refractivity (Wildman–Crippen MR) is 140 cm³/mol. The maximum absolute atomic E-state index is 12.7. The second kappa shape index (κ2) is 11.0. The summed E-state index contributed by atoms with van der Waals surface area (Å²) in [7, 11) is 0. The molecule has 36 heavy (non-hydrogen) atoms. The fourth-order valence-corrected chi connectivity index (χ4v) is 3.56. The second-order valence-electron chi connectivity index (χ2n) is 7.32. The lowest BCUT2D eigenvalue weighted by atomic mass is 10.1. The van der Waals surface area contributed by atoms with Crippen LogP contribution in [-0.2, 0) is 9.59 Å². The monoisotopic (exact) mass is 566 g/mol. The smallest absolute Gasteiger partial charge is 0.329 e. The van der Waals surface area contributed by atoms with E-state index in [2.05, 4.69) is 31.7 Å². The standard InChI is InChI=1S/C25H16BrClN4O5/c26-15-5-8-17(9-6-15)29-23(33)18-3-1-2-4-20(18)30-24(34)25(35)31-28-12-14-13-36-21-10-7-16(27)11-19(21)22(14)32/h1-13H,(H,29,33)(H,30,34)(H,31,35)/b28-12+. The van der Waals surface area contributed by atoms with Crippen molar-refractivity contribution in [1.82, 2.24) is 5.43 Å². The summed E-state index contributed by atoms with van der Waals surface area (Å²) >= 11 is 9.25. The van der Waals surface area contributed by atoms with Crippen molar-refractivity contribution in [2.75, 3.05) is 10.6 Å². The lowest BCUT2D eigenvalue weighted by Crippen LogP contribution is -2.33. The second-order valence-corrected chi connectivity index (χ2v) is 8.67. The molecule has 4 rings (SSSR count). The lowest BCUT2D eigenvalue weighted by molar-refractivity contribution is -0.136. The summed E-state index contributed by atoms with van der Waals surface area (Å²) < 4.78 is 6.22. The Morgan fingerprint density at radius 2 is 1.69 bits per heavy atom. The van der Waals surface area contributed by atoms with Crippen LogP contribution >= 0.6 is 27.5 Å². The van der Waals surface area contributed by atoms with Crippen LogP contribution in [0.1, 0.15) is 15.9 Å². The Balaban J connectivity index is 1.42. The SMILES string of the molecule is O=C(N/N=C/c1coc2ccc(Cl)cc2c1=O)C(=O)Nc1ccccc1C(=O)Nc1ccc(Br)cc1. The van der Waals surface area contributed by atoms with Gasteiger partial charge in [-0.1, -0.05) is 39.7 Å². The minimum Gasteiger partial charge on any atom is -0.463 e. The molecule has 0 spiro atoms. The number of halogens is 2. The molecule has 1 aromatic heterocycles. The molecule has 3 aromatic carbocycles. The molecule has 3 N–H and O–H groups in total. The van der Waals surface area contributed by atoms with Gasteiger partial charge < -0.3 is 15.1 Å². The largest absolute Gasteiger partial charge is 0.463 e. The Morgan fingerprint density at radius 3 is 2.47 bits per heavy atom. The molecule has 0 unspecified atom stereocenters. The number of hydrazone groups is 1. The topological polar surface area (TPSA) is 130 Å². The maximum atomic E-state index is 12.7. The highest BCUT2D eigenvalue weighted by Crippen LogP contribution is 2.19. The van der Waals surface area contributed by atoms with E-state index in [-0.39, 0.29) is 22.2 Å². The molecule has 0 bridgehead atoms. The summed E-state index contributed by atoms with van der Waals surface area (Å²) in [5, 5.41) is 9.37. The van der Waals surface area contributed by atoms with E-state index in [0.717, 1.165) is 10.7 Å². The number of para-hydroxylation sites is 1. The third kappa shape index (κ3) is 5.85. The van der Waals surface area contributed by atoms with Gasteiger partial charge in [-0.3, -0.25) is 19.2 Å². The van der Waals surface area contributed by atoms with Crippen LogP contribution in [0.5, 0.6) is 0 Å². The molecule has 0 aliphatic carbocycles. The molecule has 0 radical (unpaired) electrons. The normalized spacial score (nSPS) is 10.8. The van der Waals surface area contributed by atoms with Gasteiger partial charge in [-0.2, -0.15) is 5.10 Å². The molecule has 0 aliphatic heterocycles. The summed E-state index contributed by atoms with van der Waals surface area (Å²) in [6, 6.07) is 17.8. The average Bonchev–Trinajstić information content (AvgIpc) is 2.87. The van der Waals surface area contributed by atoms with Crippen LogP contribution in [0.15, 0.2) is 91.8 Å². The first-order valence-electron chi connectivity index (χ1n) is 10.3. The first-order chi connectivity index (χ1) is 17.3. The van der Waals surface area contributed by atoms with E-state index < -0.39 is 23.2 Å². The summed E-state index contributed by atoms with van der Waals surface area (Å²) in [6.45, 7) is 0. The van der Waals surface area contributed by atoms with Gasteiger partial charge in [0.2, 0.25) is 5.43 Å². The highest BCUT2D eigenvalue weighted by atomic mass is 79.9. The van der Waals surface area contributed by atoms with E-state index in [1.54, 1.807) is 48.5 Å². The highest BCUT2D eigenvalue weighted by molar-refractivity contribution is 9.10. The van der Waals surface area contributed by atoms with Gasteiger partial charge in [0.1, 0.15) is 11.8 Å². The number of anilines is 2. The Kier molecular flexibility index (Phi) is 7.57. The van der Waals surface area contributed by atoms with Gasteiger partial charge in [0, 0.05) is 15.2 Å². The van der Waals surface area contributed by atoms with E-state index in [9.17, 15) is 19.2 Å². The third-order valence-electron chi connectivity index (χ3n) is 4.86. The predicted octanol–water partition coefficient (Wildman–Crippen LogP) is 4.55. The third-order valence-corrected chi connectivity index (χ3v) is 5.62. The van der Waals surface area contributed by atoms with Crippen LogP contribution in [0.3, 0.4) is 0 Å². The first kappa shape index (κ1) is 24.8. The van der Waals surface area contributed by atoms with Gasteiger partial charge in [-0.05, 0) is 54.6 Å². The van der Waals surface area contributed by atoms with Crippen LogP contribution in [0.2, 0.25) is 5.02 Å². The minimum absolute atomic E-state index is 0.0421. The van der Waals surface area contributed by atoms with Crippen molar-refractivity contribution in [3.05, 3.63) is 104 Å². The number of carbonyl (C=O) groups excluding carboxylic acids is 3. The Morgan fingerprint density at radius 1 is 0.944 bits per heavy atom. The van der Waals surface area contributed by atoms with Gasteiger partial charge >= 0.3 is 11.8 Å². The molecule has 0 fully saturated rings. The van der Waals surface area contributed by atoms with Crippen molar-refractivity contribution in [3.8, 4) is 0 Å². The minimum atomic E-state index is -1.11. The summed E-state index contributed by atoms with van der Waals surface area (Å²) in [6.07, 6.45) is 2.23. The van der Waals surface area contributed by atoms with Gasteiger partial charge in [-0.25, -0.2) is 5.43 Å². The van der Waals surface area contributed by atoms with Crippen molar-refractivity contribution in [2.45, 2.75) is 0 Å². The highest BCUT2D eigenvalue weighted by Gasteiger charge is 2.18. The van der Waals surface area contributed by atoms with Crippen LogP contribution in [0.25, 0.3) is 11.0 Å². The summed E-state index contributed by atoms with van der Waals surface area (Å²) in [5.74, 6) is -2.65. The van der Waals surface area contributed by atoms with Gasteiger partial charge in [-0.15, -0.1) is 0 Å². The van der Waals surface area contributed by atoms with Crippen molar-refractivity contribution in [2.24, 2.45) is 5.10 Å². The zero-order valence-corrected chi connectivity index (χ0v) is 20.6. The molecular weight excluding hydrogens is 552 g/mol. The summed E-state index contributed by atoms with van der Waals surface area (Å²) in [4.78, 5) is 49.8. The van der Waals surface area contributed by atoms with Crippen LogP contribution < -0.4 is 21.5 Å². The van der Waals surface area contributed by atoms with Crippen LogP contribution in [0, 0.1) is 0 Å². The molecule has 0 saturated heterocycles. The number of fused-ring (bicyclic) bond motifs is 1. The number of nitrogens with zero attached hydrogens (tertiary/aromatic N) is 1. The molecule has 180 valence electrons. The fourth-order valence-electron chi connectivity index (χ4n) is 3.12. The zero-order chi connectivity index (χ0) is 25.7. The van der Waals surface area contributed by atoms with E-state index in [0.29, 0.717) is 16.3 Å². The van der Waals surface area contributed by atoms with E-state index in [1.807, 2.05) is 5.43 Å². The molecule has 3 amide bonds. The van der Waals surface area contributed by atoms with Crippen molar-refractivity contribution in [3.63, 3.8) is 0 Å². The van der Waals surface area contributed by atoms with E-state index in [4.69, 9.17) is 16.0 Å². The average molecular weight is 568 g/mol. The number of rotatable bonds is 5. The Bertz CT molecular complexity index is 1570. The van der Waals surface area contributed by atoms with Gasteiger partial charge in [0.05, 0.1) is 28.4 Å². The molecule has 4 aromatic rings. The quantitative estimate of drug-likeness (QED) is 0.185. The van der Waals surface area contributed by atoms with Crippen molar-refractivity contribution < 1.29 is 18.8 Å².